The van der Waals surface area contributed by atoms with Crippen LogP contribution in [0.25, 0.3) is 11.1 Å². The molecule has 1 aliphatic carbocycles. The van der Waals surface area contributed by atoms with Crippen molar-refractivity contribution < 1.29 is 29.0 Å². The Morgan fingerprint density at radius 2 is 1.78 bits per heavy atom. The highest BCUT2D eigenvalue weighted by Gasteiger charge is 2.61. The number of nitrogens with one attached hydrogen (secondary N) is 2. The molecule has 4 atom stereocenters. The van der Waals surface area contributed by atoms with Crippen molar-refractivity contribution >= 4 is 23.9 Å². The van der Waals surface area contributed by atoms with Crippen LogP contribution in [0.5, 0.6) is 0 Å². The molecule has 3 aliphatic rings. The number of carboxylic acid groups (broad SMARTS) is 1. The molecule has 2 aromatic carbocycles. The number of carboxylic acids is 1. The van der Waals surface area contributed by atoms with Crippen LogP contribution in [-0.2, 0) is 25.7 Å². The van der Waals surface area contributed by atoms with Gasteiger partial charge < -0.3 is 25.4 Å². The molecular formula is C36H46N4O6. The normalized spacial score (nSPS) is 26.8. The number of alkyl carbamates (subject to hydrolysis) is 1. The minimum Gasteiger partial charge on any atom is -0.479 e. The van der Waals surface area contributed by atoms with E-state index in [9.17, 15) is 24.3 Å². The van der Waals surface area contributed by atoms with Crippen molar-refractivity contribution in [2.45, 2.75) is 89.1 Å². The average molecular weight is 631 g/mol. The summed E-state index contributed by atoms with van der Waals surface area (Å²) in [5, 5.41) is 15.8. The van der Waals surface area contributed by atoms with Gasteiger partial charge in [-0.2, -0.15) is 0 Å². The number of aliphatic carboxylic acids is 1. The summed E-state index contributed by atoms with van der Waals surface area (Å²) < 4.78 is 5.47. The number of benzene rings is 2. The summed E-state index contributed by atoms with van der Waals surface area (Å²) in [7, 11) is 0. The molecule has 0 bridgehead atoms. The Morgan fingerprint density at radius 1 is 1.02 bits per heavy atom. The minimum absolute atomic E-state index is 0.225. The van der Waals surface area contributed by atoms with E-state index in [1.54, 1.807) is 20.8 Å². The van der Waals surface area contributed by atoms with Crippen molar-refractivity contribution in [3.63, 3.8) is 0 Å². The van der Waals surface area contributed by atoms with Gasteiger partial charge in [0.25, 0.3) is 0 Å². The van der Waals surface area contributed by atoms with Gasteiger partial charge in [0.15, 0.2) is 0 Å². The number of ether oxygens (including phenoxy) is 1. The Balaban J connectivity index is 1.40. The highest BCUT2D eigenvalue weighted by molar-refractivity contribution is 5.96. The van der Waals surface area contributed by atoms with Crippen LogP contribution in [0, 0.1) is 5.92 Å². The Morgan fingerprint density at radius 3 is 2.52 bits per heavy atom. The molecule has 2 aliphatic heterocycles. The lowest BCUT2D eigenvalue weighted by atomic mass is 10.0. The van der Waals surface area contributed by atoms with Gasteiger partial charge in [0, 0.05) is 32.1 Å². The van der Waals surface area contributed by atoms with Gasteiger partial charge in [-0.05, 0) is 69.2 Å². The molecule has 2 fully saturated rings. The van der Waals surface area contributed by atoms with Crippen molar-refractivity contribution in [1.29, 1.82) is 0 Å². The minimum atomic E-state index is -1.39. The van der Waals surface area contributed by atoms with E-state index in [4.69, 9.17) is 4.74 Å². The number of nitrogens with zero attached hydrogens (tertiary/aromatic N) is 2. The lowest BCUT2D eigenvalue weighted by Gasteiger charge is -2.42. The van der Waals surface area contributed by atoms with Crippen LogP contribution in [0.2, 0.25) is 0 Å². The largest absolute Gasteiger partial charge is 0.479 e. The van der Waals surface area contributed by atoms with Crippen LogP contribution in [-0.4, -0.2) is 81.6 Å². The zero-order valence-electron chi connectivity index (χ0n) is 27.0. The molecule has 1 saturated heterocycles. The average Bonchev–Trinajstić information content (AvgIpc) is 3.72. The molecule has 46 heavy (non-hydrogen) atoms. The first kappa shape index (κ1) is 33.2. The van der Waals surface area contributed by atoms with E-state index in [-0.39, 0.29) is 24.9 Å². The lowest BCUT2D eigenvalue weighted by molar-refractivity contribution is -0.149. The van der Waals surface area contributed by atoms with Crippen LogP contribution in [0.1, 0.15) is 64.9 Å². The van der Waals surface area contributed by atoms with Gasteiger partial charge in [-0.3, -0.25) is 14.5 Å². The highest BCUT2D eigenvalue weighted by atomic mass is 16.6. The summed E-state index contributed by atoms with van der Waals surface area (Å²) in [6.45, 7) is 6.83. The quantitative estimate of drug-likeness (QED) is 0.407. The summed E-state index contributed by atoms with van der Waals surface area (Å²) in [4.78, 5) is 57.0. The molecular weight excluding hydrogens is 584 g/mol. The Kier molecular flexibility index (Phi) is 10.2. The number of hydrogen-bond donors (Lipinski definition) is 3. The number of hydrogen-bond acceptors (Lipinski definition) is 6. The Labute approximate surface area is 271 Å². The van der Waals surface area contributed by atoms with Gasteiger partial charge in [0.05, 0.1) is 0 Å². The Bertz CT molecular complexity index is 1450. The third-order valence-electron chi connectivity index (χ3n) is 8.95. The van der Waals surface area contributed by atoms with Crippen molar-refractivity contribution in [3.05, 3.63) is 72.3 Å². The van der Waals surface area contributed by atoms with E-state index >= 15 is 0 Å². The maximum atomic E-state index is 14.2. The van der Waals surface area contributed by atoms with Gasteiger partial charge in [0.1, 0.15) is 23.2 Å². The highest BCUT2D eigenvalue weighted by Crippen LogP contribution is 2.45. The molecule has 0 radical (unpaired) electrons. The fraction of sp³-hybridized carbons (Fsp3) is 0.500. The molecule has 0 spiro atoms. The van der Waals surface area contributed by atoms with Crippen LogP contribution in [0.15, 0.2) is 66.7 Å². The first-order chi connectivity index (χ1) is 21.9. The molecule has 0 aromatic heterocycles. The van der Waals surface area contributed by atoms with E-state index in [0.717, 1.165) is 36.0 Å². The molecule has 246 valence electrons. The van der Waals surface area contributed by atoms with Gasteiger partial charge in [0.2, 0.25) is 11.8 Å². The molecule has 1 unspecified atom stereocenters. The second-order valence-electron chi connectivity index (χ2n) is 13.7. The number of fused-ring (bicyclic) bond motifs is 2. The molecule has 5 rings (SSSR count). The lowest BCUT2D eigenvalue weighted by Crippen LogP contribution is -2.65. The number of piperazine rings is 1. The molecule has 10 nitrogen and oxygen atoms in total. The summed E-state index contributed by atoms with van der Waals surface area (Å²) >= 11 is 0. The van der Waals surface area contributed by atoms with Crippen molar-refractivity contribution in [3.8, 4) is 11.1 Å². The standard InChI is InChI=1S/C36H46N4O6/c1-35(2,3)46-34(45)37-29-18-11-6-4-5-10-17-28-22-36(28,33(43)44)38-31(41)30-24-39(19-20-40(30)32(29)42)23-25-13-12-16-27(21-25)26-14-8-7-9-15-26/h7-10,12-17,21,28-30H,4-6,11,18-20,22-24H2,1-3H3,(H,37,45)(H,38,41)(H,43,44)/b17-10+/t28?,29-,30-,36-/m0/s1. The number of amides is 3. The predicted octanol–water partition coefficient (Wildman–Crippen LogP) is 4.74. The fourth-order valence-corrected chi connectivity index (χ4v) is 6.43. The molecule has 3 N–H and O–H groups in total. The third-order valence-corrected chi connectivity index (χ3v) is 8.95. The maximum absolute atomic E-state index is 14.2. The SMILES string of the molecule is CC(C)(C)OC(=O)N[C@H]1CCCCC/C=C/C2C[C@]2(C(=O)O)NC(=O)[C@@H]2CN(Cc3cccc(-c4ccccc4)c3)CCN2C1=O. The van der Waals surface area contributed by atoms with E-state index in [0.29, 0.717) is 32.4 Å². The number of allylic oxidation sites excluding steroid dienone is 1. The third kappa shape index (κ3) is 8.15. The van der Waals surface area contributed by atoms with Crippen molar-refractivity contribution in [1.82, 2.24) is 20.4 Å². The zero-order chi connectivity index (χ0) is 32.9. The van der Waals surface area contributed by atoms with E-state index in [1.165, 1.54) is 4.90 Å². The number of carbonyl (C=O) groups excluding carboxylic acids is 3. The summed E-state index contributed by atoms with van der Waals surface area (Å²) in [5.41, 5.74) is 1.14. The Hall–Kier alpha value is -4.18. The zero-order valence-corrected chi connectivity index (χ0v) is 27.0. The smallest absolute Gasteiger partial charge is 0.408 e. The monoisotopic (exact) mass is 630 g/mol. The second kappa shape index (κ2) is 14.1. The maximum Gasteiger partial charge on any atom is 0.408 e. The first-order valence-electron chi connectivity index (χ1n) is 16.3. The van der Waals surface area contributed by atoms with E-state index in [1.807, 2.05) is 42.5 Å². The second-order valence-corrected chi connectivity index (χ2v) is 13.7. The van der Waals surface area contributed by atoms with Gasteiger partial charge in [-0.15, -0.1) is 0 Å². The van der Waals surface area contributed by atoms with Gasteiger partial charge >= 0.3 is 12.1 Å². The van der Waals surface area contributed by atoms with Crippen LogP contribution >= 0.6 is 0 Å². The van der Waals surface area contributed by atoms with Crippen molar-refractivity contribution in [2.24, 2.45) is 5.92 Å². The topological polar surface area (TPSA) is 128 Å². The predicted molar refractivity (Wildman–Crippen MR) is 175 cm³/mol. The molecule has 1 saturated carbocycles. The fourth-order valence-electron chi connectivity index (χ4n) is 6.43. The molecule has 2 aromatic rings. The first-order valence-corrected chi connectivity index (χ1v) is 16.3. The summed E-state index contributed by atoms with van der Waals surface area (Å²) in [6, 6.07) is 16.5. The van der Waals surface area contributed by atoms with E-state index in [2.05, 4.69) is 39.8 Å². The molecule has 3 amide bonds. The number of rotatable bonds is 5. The van der Waals surface area contributed by atoms with Gasteiger partial charge in [-0.25, -0.2) is 9.59 Å². The summed E-state index contributed by atoms with van der Waals surface area (Å²) in [5.74, 6) is -2.24. The van der Waals surface area contributed by atoms with Crippen LogP contribution in [0.4, 0.5) is 4.79 Å². The van der Waals surface area contributed by atoms with Crippen molar-refractivity contribution in [2.75, 3.05) is 19.6 Å². The van der Waals surface area contributed by atoms with Crippen LogP contribution in [0.3, 0.4) is 0 Å². The van der Waals surface area contributed by atoms with Crippen LogP contribution < -0.4 is 10.6 Å². The molecule has 2 heterocycles. The summed E-state index contributed by atoms with van der Waals surface area (Å²) in [6.07, 6.45) is 7.11. The molecule has 10 heteroatoms. The van der Waals surface area contributed by atoms with E-state index < -0.39 is 41.2 Å². The van der Waals surface area contributed by atoms with Gasteiger partial charge in [-0.1, -0.05) is 73.5 Å². The number of carbonyl (C=O) groups is 4.